The molecule has 4 nitrogen and oxygen atoms in total. The van der Waals surface area contributed by atoms with E-state index >= 15 is 0 Å². The lowest BCUT2D eigenvalue weighted by atomic mass is 9.97. The van der Waals surface area contributed by atoms with Gasteiger partial charge in [-0.2, -0.15) is 12.6 Å². The molecule has 17 heavy (non-hydrogen) atoms. The van der Waals surface area contributed by atoms with Crippen LogP contribution in [0.3, 0.4) is 0 Å². The summed E-state index contributed by atoms with van der Waals surface area (Å²) in [5.41, 5.74) is 0.634. The molecule has 0 bridgehead atoms. The minimum Gasteiger partial charge on any atom is -0.465 e. The molecule has 0 amide bonds. The Kier molecular flexibility index (Phi) is 5.47. The van der Waals surface area contributed by atoms with Crippen LogP contribution in [0.4, 0.5) is 0 Å². The maximum absolute atomic E-state index is 11.5. The molecule has 1 rings (SSSR count). The predicted molar refractivity (Wildman–Crippen MR) is 67.2 cm³/mol. The zero-order valence-electron chi connectivity index (χ0n) is 9.54. The third-order valence-corrected chi connectivity index (χ3v) is 2.73. The molecule has 94 valence electrons. The average molecular weight is 256 g/mol. The molecule has 0 aliphatic heterocycles. The molecule has 0 saturated heterocycles. The number of carbonyl (C=O) groups is 1. The fourth-order valence-corrected chi connectivity index (χ4v) is 1.81. The first-order valence-electron chi connectivity index (χ1n) is 5.26. The SMILES string of the molecule is COC(=O)c1ccccc1C(O)C(O)CCS. The first kappa shape index (κ1) is 14.0. The summed E-state index contributed by atoms with van der Waals surface area (Å²) >= 11 is 3.99. The fourth-order valence-electron chi connectivity index (χ4n) is 1.55. The molecule has 1 aromatic carbocycles. The number of methoxy groups -OCH3 is 1. The highest BCUT2D eigenvalue weighted by Gasteiger charge is 2.23. The molecule has 0 spiro atoms. The third-order valence-electron chi connectivity index (χ3n) is 2.47. The van der Waals surface area contributed by atoms with Crippen molar-refractivity contribution in [1.29, 1.82) is 0 Å². The van der Waals surface area contributed by atoms with Crippen LogP contribution in [0, 0.1) is 0 Å². The summed E-state index contributed by atoms with van der Waals surface area (Å²) in [7, 11) is 1.27. The van der Waals surface area contributed by atoms with E-state index in [2.05, 4.69) is 17.4 Å². The second-order valence-electron chi connectivity index (χ2n) is 3.60. The number of rotatable bonds is 5. The van der Waals surface area contributed by atoms with E-state index in [-0.39, 0.29) is 5.56 Å². The molecule has 0 heterocycles. The van der Waals surface area contributed by atoms with E-state index in [0.717, 1.165) is 0 Å². The van der Waals surface area contributed by atoms with Crippen molar-refractivity contribution < 1.29 is 19.7 Å². The van der Waals surface area contributed by atoms with Crippen molar-refractivity contribution >= 4 is 18.6 Å². The van der Waals surface area contributed by atoms with E-state index in [1.54, 1.807) is 24.3 Å². The molecule has 0 radical (unpaired) electrons. The van der Waals surface area contributed by atoms with Gasteiger partial charge in [0, 0.05) is 0 Å². The number of hydrogen-bond donors (Lipinski definition) is 3. The molecule has 5 heteroatoms. The summed E-state index contributed by atoms with van der Waals surface area (Å²) in [5, 5.41) is 19.7. The predicted octanol–water partition coefficient (Wildman–Crippen LogP) is 1.19. The molecule has 0 saturated carbocycles. The number of thiol groups is 1. The van der Waals surface area contributed by atoms with Crippen LogP contribution in [0.5, 0.6) is 0 Å². The molecule has 2 atom stereocenters. The Hall–Kier alpha value is -1.04. The number of hydrogen-bond acceptors (Lipinski definition) is 5. The summed E-state index contributed by atoms with van der Waals surface area (Å²) in [4.78, 5) is 11.5. The smallest absolute Gasteiger partial charge is 0.338 e. The van der Waals surface area contributed by atoms with E-state index in [1.165, 1.54) is 7.11 Å². The summed E-state index contributed by atoms with van der Waals surface area (Å²) in [6, 6.07) is 6.52. The first-order chi connectivity index (χ1) is 8.11. The molecule has 0 aliphatic rings. The van der Waals surface area contributed by atoms with Gasteiger partial charge < -0.3 is 14.9 Å². The van der Waals surface area contributed by atoms with Gasteiger partial charge >= 0.3 is 5.97 Å². The molecule has 1 aromatic rings. The normalized spacial score (nSPS) is 14.1. The van der Waals surface area contributed by atoms with Crippen molar-refractivity contribution in [3.63, 3.8) is 0 Å². The van der Waals surface area contributed by atoms with Gasteiger partial charge in [0.15, 0.2) is 0 Å². The maximum Gasteiger partial charge on any atom is 0.338 e. The fraction of sp³-hybridized carbons (Fsp3) is 0.417. The Morgan fingerprint density at radius 2 is 2.06 bits per heavy atom. The van der Waals surface area contributed by atoms with Crippen molar-refractivity contribution in [2.75, 3.05) is 12.9 Å². The van der Waals surface area contributed by atoms with Crippen LogP contribution in [-0.4, -0.2) is 35.1 Å². The van der Waals surface area contributed by atoms with Gasteiger partial charge in [-0.25, -0.2) is 4.79 Å². The van der Waals surface area contributed by atoms with Crippen LogP contribution in [-0.2, 0) is 4.74 Å². The van der Waals surface area contributed by atoms with Crippen LogP contribution in [0.15, 0.2) is 24.3 Å². The van der Waals surface area contributed by atoms with Gasteiger partial charge in [0.1, 0.15) is 6.10 Å². The van der Waals surface area contributed by atoms with E-state index in [0.29, 0.717) is 17.7 Å². The Morgan fingerprint density at radius 3 is 2.65 bits per heavy atom. The van der Waals surface area contributed by atoms with E-state index in [4.69, 9.17) is 0 Å². The third kappa shape index (κ3) is 3.46. The standard InChI is InChI=1S/C12H16O4S/c1-16-12(15)9-5-3-2-4-8(9)11(14)10(13)6-7-17/h2-5,10-11,13-14,17H,6-7H2,1H3. The second-order valence-corrected chi connectivity index (χ2v) is 4.05. The van der Waals surface area contributed by atoms with Gasteiger partial charge in [-0.3, -0.25) is 0 Å². The molecular weight excluding hydrogens is 240 g/mol. The highest BCUT2D eigenvalue weighted by atomic mass is 32.1. The lowest BCUT2D eigenvalue weighted by molar-refractivity contribution is 0.0160. The van der Waals surface area contributed by atoms with Crippen LogP contribution in [0.1, 0.15) is 28.4 Å². The van der Waals surface area contributed by atoms with Gasteiger partial charge in [-0.15, -0.1) is 0 Å². The molecule has 0 aliphatic carbocycles. The van der Waals surface area contributed by atoms with Crippen molar-refractivity contribution in [3.05, 3.63) is 35.4 Å². The van der Waals surface area contributed by atoms with Crippen LogP contribution in [0.2, 0.25) is 0 Å². The van der Waals surface area contributed by atoms with Crippen molar-refractivity contribution in [1.82, 2.24) is 0 Å². The average Bonchev–Trinajstić information content (AvgIpc) is 2.37. The lowest BCUT2D eigenvalue weighted by Crippen LogP contribution is -2.21. The number of benzene rings is 1. The monoisotopic (exact) mass is 256 g/mol. The zero-order valence-corrected chi connectivity index (χ0v) is 10.4. The second kappa shape index (κ2) is 6.64. The Labute approximate surface area is 106 Å². The van der Waals surface area contributed by atoms with Crippen molar-refractivity contribution in [2.45, 2.75) is 18.6 Å². The van der Waals surface area contributed by atoms with E-state index in [9.17, 15) is 15.0 Å². The van der Waals surface area contributed by atoms with E-state index < -0.39 is 18.2 Å². The topological polar surface area (TPSA) is 66.8 Å². The van der Waals surface area contributed by atoms with Crippen molar-refractivity contribution in [2.24, 2.45) is 0 Å². The van der Waals surface area contributed by atoms with Gasteiger partial charge in [-0.1, -0.05) is 18.2 Å². The lowest BCUT2D eigenvalue weighted by Gasteiger charge is -2.19. The Morgan fingerprint density at radius 1 is 1.41 bits per heavy atom. The zero-order chi connectivity index (χ0) is 12.8. The van der Waals surface area contributed by atoms with Gasteiger partial charge in [0.2, 0.25) is 0 Å². The Bertz CT molecular complexity index is 381. The van der Waals surface area contributed by atoms with Gasteiger partial charge in [-0.05, 0) is 23.8 Å². The molecule has 2 unspecified atom stereocenters. The largest absolute Gasteiger partial charge is 0.465 e. The number of carbonyl (C=O) groups excluding carboxylic acids is 1. The summed E-state index contributed by atoms with van der Waals surface area (Å²) in [6.45, 7) is 0. The van der Waals surface area contributed by atoms with Crippen molar-refractivity contribution in [3.8, 4) is 0 Å². The van der Waals surface area contributed by atoms with Crippen LogP contribution >= 0.6 is 12.6 Å². The van der Waals surface area contributed by atoms with Crippen LogP contribution < -0.4 is 0 Å². The minimum absolute atomic E-state index is 0.265. The highest BCUT2D eigenvalue weighted by molar-refractivity contribution is 7.80. The summed E-state index contributed by atoms with van der Waals surface area (Å²) < 4.78 is 4.62. The first-order valence-corrected chi connectivity index (χ1v) is 5.89. The maximum atomic E-state index is 11.5. The number of esters is 1. The van der Waals surface area contributed by atoms with E-state index in [1.807, 2.05) is 0 Å². The Balaban J connectivity index is 3.00. The number of ether oxygens (including phenoxy) is 1. The minimum atomic E-state index is -1.11. The number of aliphatic hydroxyl groups is 2. The highest BCUT2D eigenvalue weighted by Crippen LogP contribution is 2.23. The van der Waals surface area contributed by atoms with Crippen LogP contribution in [0.25, 0.3) is 0 Å². The number of aliphatic hydroxyl groups excluding tert-OH is 2. The van der Waals surface area contributed by atoms with Gasteiger partial charge in [0.25, 0.3) is 0 Å². The van der Waals surface area contributed by atoms with Gasteiger partial charge in [0.05, 0.1) is 18.8 Å². The molecular formula is C12H16O4S. The molecule has 0 aromatic heterocycles. The molecule has 2 N–H and O–H groups in total. The summed E-state index contributed by atoms with van der Waals surface area (Å²) in [6.07, 6.45) is -1.71. The quantitative estimate of drug-likeness (QED) is 0.547. The molecule has 0 fully saturated rings. The summed E-state index contributed by atoms with van der Waals surface area (Å²) in [5.74, 6) is -0.0729.